The Morgan fingerprint density at radius 1 is 1.60 bits per heavy atom. The molecular formula is C4H5Au. The molecule has 0 rings (SSSR count). The standard InChI is InChI=1S/C4H5.Au/c1-3-4-2;/h1,3-4H,2H2;. The SMILES string of the molecule is C=CC=[CH][Au]. The van der Waals surface area contributed by atoms with Gasteiger partial charge in [0.25, 0.3) is 0 Å². The van der Waals surface area contributed by atoms with Crippen molar-refractivity contribution in [1.82, 2.24) is 0 Å². The van der Waals surface area contributed by atoms with Crippen molar-refractivity contribution < 1.29 is 21.1 Å². The molecule has 0 nitrogen and oxygen atoms in total. The van der Waals surface area contributed by atoms with Crippen molar-refractivity contribution in [2.24, 2.45) is 0 Å². The van der Waals surface area contributed by atoms with Crippen LogP contribution in [0.25, 0.3) is 0 Å². The van der Waals surface area contributed by atoms with Crippen LogP contribution in [0.1, 0.15) is 0 Å². The van der Waals surface area contributed by atoms with Crippen LogP contribution in [0, 0.1) is 0 Å². The molecule has 0 radical (unpaired) electrons. The number of rotatable bonds is 1. The van der Waals surface area contributed by atoms with Gasteiger partial charge in [0, 0.05) is 0 Å². The topological polar surface area (TPSA) is 0 Å². The van der Waals surface area contributed by atoms with Crippen molar-refractivity contribution in [2.45, 2.75) is 0 Å². The second-order valence-electron chi connectivity index (χ2n) is 0.529. The molecule has 0 aromatic carbocycles. The van der Waals surface area contributed by atoms with E-state index in [2.05, 4.69) is 27.6 Å². The fraction of sp³-hybridized carbons (Fsp3) is 0. The third-order valence-corrected chi connectivity index (χ3v) is 0.611. The average molecular weight is 250 g/mol. The van der Waals surface area contributed by atoms with Crippen molar-refractivity contribution >= 4 is 0 Å². The molecule has 0 spiro atoms. The molecule has 0 heterocycles. The van der Waals surface area contributed by atoms with Gasteiger partial charge in [0.2, 0.25) is 0 Å². The molecular weight excluding hydrogens is 245 g/mol. The number of hydrogen-bond acceptors (Lipinski definition) is 0. The van der Waals surface area contributed by atoms with Gasteiger partial charge in [0.1, 0.15) is 0 Å². The van der Waals surface area contributed by atoms with Crippen LogP contribution >= 0.6 is 0 Å². The monoisotopic (exact) mass is 250 g/mol. The van der Waals surface area contributed by atoms with Crippen LogP contribution in [0.15, 0.2) is 23.0 Å². The summed E-state index contributed by atoms with van der Waals surface area (Å²) in [6, 6.07) is 0. The van der Waals surface area contributed by atoms with Gasteiger partial charge in [-0.2, -0.15) is 0 Å². The van der Waals surface area contributed by atoms with Gasteiger partial charge in [-0.05, 0) is 0 Å². The Labute approximate surface area is 44.5 Å². The van der Waals surface area contributed by atoms with Crippen LogP contribution in [0.3, 0.4) is 0 Å². The van der Waals surface area contributed by atoms with E-state index in [1.54, 1.807) is 6.08 Å². The van der Waals surface area contributed by atoms with Crippen molar-refractivity contribution in [1.29, 1.82) is 0 Å². The molecule has 0 aliphatic carbocycles. The van der Waals surface area contributed by atoms with Crippen molar-refractivity contribution in [3.05, 3.63) is 23.0 Å². The third kappa shape index (κ3) is 4.22. The second-order valence-corrected chi connectivity index (χ2v) is 1.25. The summed E-state index contributed by atoms with van der Waals surface area (Å²) in [5, 5.41) is 0. The summed E-state index contributed by atoms with van der Waals surface area (Å²) < 4.78 is 1.88. The molecule has 0 saturated heterocycles. The maximum atomic E-state index is 3.45. The van der Waals surface area contributed by atoms with Gasteiger partial charge in [0.05, 0.1) is 0 Å². The summed E-state index contributed by atoms with van der Waals surface area (Å²) >= 11 is 2.29. The van der Waals surface area contributed by atoms with E-state index in [9.17, 15) is 0 Å². The predicted molar refractivity (Wildman–Crippen MR) is 19.3 cm³/mol. The van der Waals surface area contributed by atoms with E-state index in [0.29, 0.717) is 0 Å². The van der Waals surface area contributed by atoms with Gasteiger partial charge in [-0.15, -0.1) is 0 Å². The molecule has 1 heteroatoms. The Morgan fingerprint density at radius 2 is 2.20 bits per heavy atom. The van der Waals surface area contributed by atoms with Gasteiger partial charge in [-0.1, -0.05) is 0 Å². The molecule has 0 fully saturated rings. The van der Waals surface area contributed by atoms with Crippen molar-refractivity contribution in [3.63, 3.8) is 0 Å². The minimum atomic E-state index is 1.74. The van der Waals surface area contributed by atoms with Crippen LogP contribution < -0.4 is 0 Å². The predicted octanol–water partition coefficient (Wildman–Crippen LogP) is 1.23. The summed E-state index contributed by atoms with van der Waals surface area (Å²) in [6.07, 6.45) is 3.60. The van der Waals surface area contributed by atoms with Crippen LogP contribution in [0.4, 0.5) is 0 Å². The fourth-order valence-corrected chi connectivity index (χ4v) is 0.336. The first-order valence-corrected chi connectivity index (χ1v) is 2.50. The molecule has 0 saturated carbocycles. The maximum absolute atomic E-state index is 3.45. The third-order valence-electron chi connectivity index (χ3n) is 0.194. The molecule has 0 bridgehead atoms. The average Bonchev–Trinajstić information content (AvgIpc) is 1.41. The molecule has 0 aromatic heterocycles. The number of allylic oxidation sites excluding steroid dienone is 2. The summed E-state index contributed by atoms with van der Waals surface area (Å²) in [4.78, 5) is 0. The summed E-state index contributed by atoms with van der Waals surface area (Å²) in [5.74, 6) is 0. The second kappa shape index (κ2) is 4.22. The first-order valence-electron chi connectivity index (χ1n) is 1.25. The summed E-state index contributed by atoms with van der Waals surface area (Å²) in [6.45, 7) is 3.45. The van der Waals surface area contributed by atoms with Crippen molar-refractivity contribution in [2.75, 3.05) is 0 Å². The summed E-state index contributed by atoms with van der Waals surface area (Å²) in [7, 11) is 0. The first-order chi connectivity index (χ1) is 2.41. The zero-order chi connectivity index (χ0) is 4.12. The van der Waals surface area contributed by atoms with Gasteiger partial charge < -0.3 is 0 Å². The van der Waals surface area contributed by atoms with E-state index in [4.69, 9.17) is 0 Å². The van der Waals surface area contributed by atoms with Gasteiger partial charge >= 0.3 is 44.1 Å². The molecule has 32 valence electrons. The Bertz CT molecular complexity index is 45.6. The van der Waals surface area contributed by atoms with E-state index < -0.39 is 0 Å². The van der Waals surface area contributed by atoms with Crippen LogP contribution in [0.5, 0.6) is 0 Å². The molecule has 0 unspecified atom stereocenters. The first kappa shape index (κ1) is 5.22. The molecule has 0 N–H and O–H groups in total. The Morgan fingerprint density at radius 3 is 2.20 bits per heavy atom. The van der Waals surface area contributed by atoms with Gasteiger partial charge in [-0.25, -0.2) is 0 Å². The normalized spacial score (nSPS) is 9.20. The molecule has 0 aromatic rings. The Hall–Kier alpha value is 0.220. The number of hydrogen-bond donors (Lipinski definition) is 0. The van der Waals surface area contributed by atoms with E-state index in [0.717, 1.165) is 0 Å². The van der Waals surface area contributed by atoms with Crippen molar-refractivity contribution in [3.8, 4) is 0 Å². The van der Waals surface area contributed by atoms with E-state index >= 15 is 0 Å². The van der Waals surface area contributed by atoms with E-state index in [1.165, 1.54) is 0 Å². The molecule has 0 aliphatic rings. The quantitative estimate of drug-likeness (QED) is 0.485. The van der Waals surface area contributed by atoms with E-state index in [1.807, 2.05) is 10.4 Å². The molecule has 5 heavy (non-hydrogen) atoms. The van der Waals surface area contributed by atoms with Gasteiger partial charge in [0.15, 0.2) is 0 Å². The summed E-state index contributed by atoms with van der Waals surface area (Å²) in [5.41, 5.74) is 0. The Kier molecular flexibility index (Phi) is 4.41. The van der Waals surface area contributed by atoms with Crippen LogP contribution in [-0.4, -0.2) is 0 Å². The molecule has 0 aliphatic heterocycles. The zero-order valence-corrected chi connectivity index (χ0v) is 4.91. The fourth-order valence-electron chi connectivity index (χ4n) is 0.0410. The zero-order valence-electron chi connectivity index (χ0n) is 2.74. The van der Waals surface area contributed by atoms with Gasteiger partial charge in [-0.3, -0.25) is 0 Å². The Balaban J connectivity index is 2.92. The molecule has 0 amide bonds. The minimum absolute atomic E-state index is 1.74. The van der Waals surface area contributed by atoms with Crippen LogP contribution in [-0.2, 0) is 21.1 Å². The molecule has 0 atom stereocenters. The van der Waals surface area contributed by atoms with E-state index in [-0.39, 0.29) is 0 Å². The van der Waals surface area contributed by atoms with Crippen LogP contribution in [0.2, 0.25) is 0 Å².